The van der Waals surface area contributed by atoms with Crippen LogP contribution < -0.4 is 10.3 Å². The summed E-state index contributed by atoms with van der Waals surface area (Å²) in [4.78, 5) is 22.0. The van der Waals surface area contributed by atoms with Crippen LogP contribution in [0.25, 0.3) is 33.5 Å². The van der Waals surface area contributed by atoms with Gasteiger partial charge in [-0.25, -0.2) is 9.97 Å². The summed E-state index contributed by atoms with van der Waals surface area (Å²) in [7, 11) is 1.46. The van der Waals surface area contributed by atoms with Gasteiger partial charge in [-0.15, -0.1) is 0 Å². The Morgan fingerprint density at radius 3 is 2.75 bits per heavy atom. The number of nitrogens with zero attached hydrogens (tertiary/aromatic N) is 4. The third-order valence-electron chi connectivity index (χ3n) is 5.14. The van der Waals surface area contributed by atoms with Gasteiger partial charge in [-0.1, -0.05) is 30.3 Å². The molecule has 5 aromatic rings. The van der Waals surface area contributed by atoms with Gasteiger partial charge in [0.05, 0.1) is 24.4 Å². The van der Waals surface area contributed by atoms with Gasteiger partial charge >= 0.3 is 5.56 Å². The normalized spacial score (nSPS) is 11.6. The summed E-state index contributed by atoms with van der Waals surface area (Å²) in [6.07, 6.45) is 2.81. The number of aromatic nitrogens is 3. The Balaban J connectivity index is 1.60. The van der Waals surface area contributed by atoms with Gasteiger partial charge in [-0.05, 0) is 42.3 Å². The fraction of sp³-hybridized carbons (Fsp3) is 0.0833. The predicted octanol–water partition coefficient (Wildman–Crippen LogP) is 4.11. The van der Waals surface area contributed by atoms with E-state index in [0.717, 1.165) is 21.5 Å². The molecular weight excluding hydrogens is 408 g/mol. The molecule has 0 saturated heterocycles. The standard InChI is InChI=1S/C24H18N4O4/c1-14-10-17(16-6-4-3-5-7-16)27-23-20(14)21-22(32-23)24(30)28(13-25-21)26-12-15-8-9-18(29)19(11-15)31-2/h3-13,29H,1-2H3/b26-12-. The highest BCUT2D eigenvalue weighted by molar-refractivity contribution is 6.03. The number of benzene rings is 2. The Morgan fingerprint density at radius 2 is 1.97 bits per heavy atom. The van der Waals surface area contributed by atoms with E-state index in [-0.39, 0.29) is 11.3 Å². The van der Waals surface area contributed by atoms with Gasteiger partial charge in [0.15, 0.2) is 11.5 Å². The molecule has 0 aliphatic carbocycles. The Bertz CT molecular complexity index is 1550. The van der Waals surface area contributed by atoms with E-state index in [1.807, 2.05) is 43.3 Å². The molecule has 5 rings (SSSR count). The van der Waals surface area contributed by atoms with Gasteiger partial charge in [0.25, 0.3) is 0 Å². The van der Waals surface area contributed by atoms with Gasteiger partial charge in [0.2, 0.25) is 11.3 Å². The van der Waals surface area contributed by atoms with Crippen molar-refractivity contribution >= 4 is 28.4 Å². The van der Waals surface area contributed by atoms with Gasteiger partial charge in [-0.2, -0.15) is 9.78 Å². The van der Waals surface area contributed by atoms with E-state index in [1.54, 1.807) is 12.1 Å². The molecule has 0 aliphatic heterocycles. The molecule has 0 unspecified atom stereocenters. The number of aryl methyl sites for hydroxylation is 1. The van der Waals surface area contributed by atoms with E-state index >= 15 is 0 Å². The van der Waals surface area contributed by atoms with Crippen LogP contribution in [0.2, 0.25) is 0 Å². The third-order valence-corrected chi connectivity index (χ3v) is 5.14. The molecule has 2 aromatic carbocycles. The Morgan fingerprint density at radius 1 is 1.16 bits per heavy atom. The molecule has 3 heterocycles. The number of rotatable bonds is 4. The lowest BCUT2D eigenvalue weighted by molar-refractivity contribution is 0.373. The van der Waals surface area contributed by atoms with Crippen LogP contribution in [0.5, 0.6) is 11.5 Å². The highest BCUT2D eigenvalue weighted by Crippen LogP contribution is 2.30. The Hall–Kier alpha value is -4.46. The number of fused-ring (bicyclic) bond motifs is 3. The molecular formula is C24H18N4O4. The molecule has 158 valence electrons. The zero-order chi connectivity index (χ0) is 22.2. The number of phenolic OH excluding ortho intramolecular Hbond substituents is 1. The number of furan rings is 1. The second-order valence-corrected chi connectivity index (χ2v) is 7.22. The lowest BCUT2D eigenvalue weighted by Crippen LogP contribution is -2.16. The quantitative estimate of drug-likeness (QED) is 0.434. The minimum Gasteiger partial charge on any atom is -0.504 e. The molecule has 0 spiro atoms. The number of hydrogen-bond donors (Lipinski definition) is 1. The van der Waals surface area contributed by atoms with Crippen molar-refractivity contribution in [1.82, 2.24) is 14.6 Å². The average molecular weight is 426 g/mol. The Labute approximate surface area is 182 Å². The van der Waals surface area contributed by atoms with Crippen LogP contribution >= 0.6 is 0 Å². The first kappa shape index (κ1) is 19.5. The van der Waals surface area contributed by atoms with Crippen molar-refractivity contribution in [2.45, 2.75) is 6.92 Å². The van der Waals surface area contributed by atoms with Crippen molar-refractivity contribution in [3.05, 3.63) is 82.4 Å². The minimum absolute atomic E-state index is 0.0184. The summed E-state index contributed by atoms with van der Waals surface area (Å²) < 4.78 is 12.0. The first-order valence-electron chi connectivity index (χ1n) is 9.83. The van der Waals surface area contributed by atoms with Crippen LogP contribution in [0.3, 0.4) is 0 Å². The highest BCUT2D eigenvalue weighted by Gasteiger charge is 2.17. The SMILES string of the molecule is COc1cc(/C=N\n2cnc3c(oc4nc(-c5ccccc5)cc(C)c43)c2=O)ccc1O. The number of ether oxygens (including phenoxy) is 1. The van der Waals surface area contributed by atoms with Crippen LogP contribution in [0, 0.1) is 6.92 Å². The molecule has 0 fully saturated rings. The second-order valence-electron chi connectivity index (χ2n) is 7.22. The van der Waals surface area contributed by atoms with E-state index in [0.29, 0.717) is 27.9 Å². The maximum atomic E-state index is 13.0. The summed E-state index contributed by atoms with van der Waals surface area (Å²) in [5, 5.41) is 14.6. The zero-order valence-corrected chi connectivity index (χ0v) is 17.3. The molecule has 0 radical (unpaired) electrons. The molecule has 0 amide bonds. The Kier molecular flexibility index (Phi) is 4.67. The average Bonchev–Trinajstić information content (AvgIpc) is 3.20. The zero-order valence-electron chi connectivity index (χ0n) is 17.3. The van der Waals surface area contributed by atoms with Gasteiger partial charge < -0.3 is 14.3 Å². The number of phenols is 1. The van der Waals surface area contributed by atoms with Gasteiger partial charge in [-0.3, -0.25) is 4.79 Å². The number of aromatic hydroxyl groups is 1. The number of methoxy groups -OCH3 is 1. The van der Waals surface area contributed by atoms with Crippen LogP contribution in [-0.2, 0) is 0 Å². The van der Waals surface area contributed by atoms with Crippen molar-refractivity contribution < 1.29 is 14.3 Å². The maximum absolute atomic E-state index is 13.0. The molecule has 3 aromatic heterocycles. The summed E-state index contributed by atoms with van der Waals surface area (Å²) in [6.45, 7) is 1.94. The second kappa shape index (κ2) is 7.66. The van der Waals surface area contributed by atoms with Crippen LogP contribution in [0.15, 0.2) is 75.2 Å². The molecule has 0 atom stereocenters. The number of hydrogen-bond acceptors (Lipinski definition) is 7. The fourth-order valence-corrected chi connectivity index (χ4v) is 3.54. The van der Waals surface area contributed by atoms with E-state index < -0.39 is 5.56 Å². The van der Waals surface area contributed by atoms with Crippen LogP contribution in [-0.4, -0.2) is 33.1 Å². The molecule has 8 nitrogen and oxygen atoms in total. The monoisotopic (exact) mass is 426 g/mol. The maximum Gasteiger partial charge on any atom is 0.317 e. The number of pyridine rings is 1. The van der Waals surface area contributed by atoms with Crippen LogP contribution in [0.1, 0.15) is 11.1 Å². The van der Waals surface area contributed by atoms with Gasteiger partial charge in [0.1, 0.15) is 11.8 Å². The molecule has 8 heteroatoms. The van der Waals surface area contributed by atoms with Crippen molar-refractivity contribution in [3.63, 3.8) is 0 Å². The first-order valence-corrected chi connectivity index (χ1v) is 9.83. The summed E-state index contributed by atoms with van der Waals surface area (Å²) >= 11 is 0. The molecule has 0 saturated carbocycles. The van der Waals surface area contributed by atoms with E-state index in [2.05, 4.69) is 15.1 Å². The largest absolute Gasteiger partial charge is 0.504 e. The first-order chi connectivity index (χ1) is 15.5. The smallest absolute Gasteiger partial charge is 0.317 e. The molecule has 0 bridgehead atoms. The van der Waals surface area contributed by atoms with E-state index in [4.69, 9.17) is 9.15 Å². The minimum atomic E-state index is -0.448. The topological polar surface area (TPSA) is 103 Å². The lowest BCUT2D eigenvalue weighted by atomic mass is 10.1. The molecule has 0 aliphatic rings. The van der Waals surface area contributed by atoms with E-state index in [1.165, 1.54) is 25.7 Å². The lowest BCUT2D eigenvalue weighted by Gasteiger charge is -2.03. The van der Waals surface area contributed by atoms with Gasteiger partial charge in [0, 0.05) is 5.56 Å². The third kappa shape index (κ3) is 3.27. The predicted molar refractivity (Wildman–Crippen MR) is 121 cm³/mol. The van der Waals surface area contributed by atoms with Crippen molar-refractivity contribution in [2.75, 3.05) is 7.11 Å². The molecule has 1 N–H and O–H groups in total. The van der Waals surface area contributed by atoms with Crippen LogP contribution in [0.4, 0.5) is 0 Å². The summed E-state index contributed by atoms with van der Waals surface area (Å²) in [5.41, 5.74) is 3.71. The van der Waals surface area contributed by atoms with Crippen molar-refractivity contribution in [1.29, 1.82) is 0 Å². The molecule has 32 heavy (non-hydrogen) atoms. The highest BCUT2D eigenvalue weighted by atomic mass is 16.5. The van der Waals surface area contributed by atoms with E-state index in [9.17, 15) is 9.90 Å². The van der Waals surface area contributed by atoms with Crippen molar-refractivity contribution in [3.8, 4) is 22.8 Å². The summed E-state index contributed by atoms with van der Waals surface area (Å²) in [6, 6.07) is 16.5. The van der Waals surface area contributed by atoms with Crippen molar-refractivity contribution in [2.24, 2.45) is 5.10 Å². The summed E-state index contributed by atoms with van der Waals surface area (Å²) in [5.74, 6) is 0.327. The fourth-order valence-electron chi connectivity index (χ4n) is 3.54.